The molecule has 0 atom stereocenters. The van der Waals surface area contributed by atoms with Crippen LogP contribution in [-0.4, -0.2) is 16.0 Å². The fourth-order valence-corrected chi connectivity index (χ4v) is 0.972. The molecule has 0 spiro atoms. The lowest BCUT2D eigenvalue weighted by atomic mass is 10.5. The molecule has 0 fully saturated rings. The molecule has 0 radical (unpaired) electrons. The smallest absolute Gasteiger partial charge is 0.315 e. The Morgan fingerprint density at radius 3 is 2.80 bits per heavy atom. The van der Waals surface area contributed by atoms with Crippen molar-refractivity contribution in [3.63, 3.8) is 0 Å². The van der Waals surface area contributed by atoms with E-state index in [0.717, 1.165) is 10.9 Å². The van der Waals surface area contributed by atoms with E-state index in [1.165, 1.54) is 0 Å². The second-order valence-electron chi connectivity index (χ2n) is 2.63. The predicted octanol–water partition coefficient (Wildman–Crippen LogP) is 2.28. The number of anilines is 1. The Hall–Kier alpha value is -1.43. The zero-order valence-corrected chi connectivity index (χ0v) is 9.78. The summed E-state index contributed by atoms with van der Waals surface area (Å²) in [6.45, 7) is 1.98. The summed E-state index contributed by atoms with van der Waals surface area (Å²) in [5.41, 5.74) is 0. The summed E-state index contributed by atoms with van der Waals surface area (Å²) in [5, 5.41) is 5.01. The Morgan fingerprint density at radius 1 is 1.53 bits per heavy atom. The summed E-state index contributed by atoms with van der Waals surface area (Å²) >= 11 is 3.20. The van der Waals surface area contributed by atoms with Crippen LogP contribution in [0.25, 0.3) is 0 Å². The first-order chi connectivity index (χ1) is 7.22. The molecule has 0 aromatic carbocycles. The van der Waals surface area contributed by atoms with Crippen LogP contribution in [0, 0.1) is 0 Å². The van der Waals surface area contributed by atoms with Crippen molar-refractivity contribution in [2.45, 2.75) is 13.3 Å². The normalized spacial score (nSPS) is 10.3. The minimum absolute atomic E-state index is 0.264. The van der Waals surface area contributed by atoms with Crippen molar-refractivity contribution in [3.05, 3.63) is 29.1 Å². The third kappa shape index (κ3) is 4.55. The van der Waals surface area contributed by atoms with E-state index >= 15 is 0 Å². The summed E-state index contributed by atoms with van der Waals surface area (Å²) in [6.07, 6.45) is 7.40. The molecule has 0 saturated carbocycles. The number of hydrogen-bond acceptors (Lipinski definition) is 3. The molecule has 0 unspecified atom stereocenters. The van der Waals surface area contributed by atoms with Gasteiger partial charge in [0.1, 0.15) is 0 Å². The molecular weight excluding hydrogens is 260 g/mol. The number of allylic oxidation sites excluding steroid dienone is 1. The molecule has 5 nitrogen and oxygen atoms in total. The first-order valence-electron chi connectivity index (χ1n) is 4.42. The summed E-state index contributed by atoms with van der Waals surface area (Å²) in [5.74, 6) is 0.264. The molecule has 15 heavy (non-hydrogen) atoms. The van der Waals surface area contributed by atoms with E-state index in [1.807, 2.05) is 13.0 Å². The van der Waals surface area contributed by atoms with Gasteiger partial charge < -0.3 is 5.32 Å². The minimum atomic E-state index is -0.359. The highest BCUT2D eigenvalue weighted by Crippen LogP contribution is 2.06. The molecule has 1 heterocycles. The molecule has 1 rings (SSSR count). The number of halogens is 1. The number of nitrogens with one attached hydrogen (secondary N) is 2. The standard InChI is InChI=1S/C9H11BrN4O/c1-2-3-4-11-9(15)14-8-12-5-7(10)6-13-8/h3-6H,2H2,1H3,(H2,11,12,13,14,15)/b4-3+. The molecule has 80 valence electrons. The number of aromatic nitrogens is 2. The number of nitrogens with zero attached hydrogens (tertiary/aromatic N) is 2. The van der Waals surface area contributed by atoms with Crippen LogP contribution < -0.4 is 10.6 Å². The van der Waals surface area contributed by atoms with E-state index in [9.17, 15) is 4.79 Å². The Bertz CT molecular complexity index is 350. The van der Waals surface area contributed by atoms with E-state index in [0.29, 0.717) is 0 Å². The van der Waals surface area contributed by atoms with Gasteiger partial charge in [0.15, 0.2) is 0 Å². The summed E-state index contributed by atoms with van der Waals surface area (Å²) in [4.78, 5) is 19.0. The average Bonchev–Trinajstić information content (AvgIpc) is 2.22. The molecule has 0 saturated heterocycles. The molecule has 6 heteroatoms. The van der Waals surface area contributed by atoms with Gasteiger partial charge in [0.25, 0.3) is 0 Å². The SMILES string of the molecule is CC/C=C/NC(=O)Nc1ncc(Br)cn1. The lowest BCUT2D eigenvalue weighted by Crippen LogP contribution is -2.24. The van der Waals surface area contributed by atoms with E-state index in [-0.39, 0.29) is 12.0 Å². The number of urea groups is 1. The van der Waals surface area contributed by atoms with Gasteiger partial charge in [-0.25, -0.2) is 14.8 Å². The largest absolute Gasteiger partial charge is 0.325 e. The molecule has 1 aromatic heterocycles. The van der Waals surface area contributed by atoms with Crippen LogP contribution >= 0.6 is 15.9 Å². The third-order valence-corrected chi connectivity index (χ3v) is 1.82. The van der Waals surface area contributed by atoms with Gasteiger partial charge >= 0.3 is 6.03 Å². The number of hydrogen-bond donors (Lipinski definition) is 2. The fourth-order valence-electron chi connectivity index (χ4n) is 0.767. The van der Waals surface area contributed by atoms with Crippen LogP contribution in [0.1, 0.15) is 13.3 Å². The van der Waals surface area contributed by atoms with Gasteiger partial charge in [-0.1, -0.05) is 13.0 Å². The van der Waals surface area contributed by atoms with Crippen molar-refractivity contribution >= 4 is 27.9 Å². The molecule has 0 aliphatic carbocycles. The van der Waals surface area contributed by atoms with Crippen molar-refractivity contribution < 1.29 is 4.79 Å². The summed E-state index contributed by atoms with van der Waals surface area (Å²) in [6, 6.07) is -0.359. The highest BCUT2D eigenvalue weighted by atomic mass is 79.9. The van der Waals surface area contributed by atoms with Crippen molar-refractivity contribution in [2.24, 2.45) is 0 Å². The molecular formula is C9H11BrN4O. The molecule has 0 bridgehead atoms. The van der Waals surface area contributed by atoms with Crippen LogP contribution in [0.5, 0.6) is 0 Å². The Balaban J connectivity index is 2.44. The van der Waals surface area contributed by atoms with Gasteiger partial charge in [-0.3, -0.25) is 5.32 Å². The van der Waals surface area contributed by atoms with Gasteiger partial charge in [-0.2, -0.15) is 0 Å². The van der Waals surface area contributed by atoms with E-state index < -0.39 is 0 Å². The van der Waals surface area contributed by atoms with Crippen LogP contribution in [-0.2, 0) is 0 Å². The van der Waals surface area contributed by atoms with Gasteiger partial charge in [0.2, 0.25) is 5.95 Å². The minimum Gasteiger partial charge on any atom is -0.315 e. The lowest BCUT2D eigenvalue weighted by Gasteiger charge is -2.01. The zero-order valence-electron chi connectivity index (χ0n) is 8.20. The van der Waals surface area contributed by atoms with Crippen molar-refractivity contribution in [1.29, 1.82) is 0 Å². The number of rotatable bonds is 3. The molecule has 2 amide bonds. The first-order valence-corrected chi connectivity index (χ1v) is 5.21. The second-order valence-corrected chi connectivity index (χ2v) is 3.55. The topological polar surface area (TPSA) is 66.9 Å². The molecule has 1 aromatic rings. The summed E-state index contributed by atoms with van der Waals surface area (Å²) < 4.78 is 0.763. The maximum absolute atomic E-state index is 11.2. The zero-order chi connectivity index (χ0) is 11.1. The van der Waals surface area contributed by atoms with Crippen LogP contribution in [0.4, 0.5) is 10.7 Å². The van der Waals surface area contributed by atoms with Crippen molar-refractivity contribution in [3.8, 4) is 0 Å². The monoisotopic (exact) mass is 270 g/mol. The Morgan fingerprint density at radius 2 is 2.20 bits per heavy atom. The van der Waals surface area contributed by atoms with Crippen LogP contribution in [0.3, 0.4) is 0 Å². The molecule has 0 aliphatic rings. The maximum atomic E-state index is 11.2. The maximum Gasteiger partial charge on any atom is 0.325 e. The van der Waals surface area contributed by atoms with Gasteiger partial charge in [0, 0.05) is 18.6 Å². The lowest BCUT2D eigenvalue weighted by molar-refractivity contribution is 0.255. The van der Waals surface area contributed by atoms with Crippen molar-refractivity contribution in [1.82, 2.24) is 15.3 Å². The third-order valence-electron chi connectivity index (χ3n) is 1.41. The quantitative estimate of drug-likeness (QED) is 0.886. The number of amides is 2. The first kappa shape index (κ1) is 11.6. The number of carbonyl (C=O) groups is 1. The van der Waals surface area contributed by atoms with Gasteiger partial charge in [-0.15, -0.1) is 0 Å². The summed E-state index contributed by atoms with van der Waals surface area (Å²) in [7, 11) is 0. The van der Waals surface area contributed by atoms with Crippen LogP contribution in [0.15, 0.2) is 29.1 Å². The van der Waals surface area contributed by atoms with Gasteiger partial charge in [0.05, 0.1) is 4.47 Å². The predicted molar refractivity (Wildman–Crippen MR) is 61.3 cm³/mol. The van der Waals surface area contributed by atoms with Crippen LogP contribution in [0.2, 0.25) is 0 Å². The highest BCUT2D eigenvalue weighted by molar-refractivity contribution is 9.10. The van der Waals surface area contributed by atoms with E-state index in [4.69, 9.17) is 0 Å². The van der Waals surface area contributed by atoms with Gasteiger partial charge in [-0.05, 0) is 22.4 Å². The second kappa shape index (κ2) is 6.13. The van der Waals surface area contributed by atoms with E-state index in [2.05, 4.69) is 36.5 Å². The fraction of sp³-hybridized carbons (Fsp3) is 0.222. The Labute approximate surface area is 96.1 Å². The highest BCUT2D eigenvalue weighted by Gasteiger charge is 2.00. The molecule has 2 N–H and O–H groups in total. The molecule has 0 aliphatic heterocycles. The van der Waals surface area contributed by atoms with E-state index in [1.54, 1.807) is 18.6 Å². The Kier molecular flexibility index (Phi) is 4.76. The van der Waals surface area contributed by atoms with Crippen molar-refractivity contribution in [2.75, 3.05) is 5.32 Å². The average molecular weight is 271 g/mol. The number of carbonyl (C=O) groups excluding carboxylic acids is 1.